The Kier molecular flexibility index (Phi) is 4.68. The number of carboxylic acid groups (broad SMARTS) is 1. The summed E-state index contributed by atoms with van der Waals surface area (Å²) in [4.78, 5) is 24.2. The zero-order valence-electron chi connectivity index (χ0n) is 12.2. The standard InChI is InChI=1S/C15H24N2O3/c1-10(14(18)19)9-17(2)15(20)16-8-13-7-11-3-5-12(13)6-4-11/h3,5,10-13H,4,6-9H2,1-2H3,(H,16,20)(H,18,19). The van der Waals surface area contributed by atoms with Crippen LogP contribution in [0.25, 0.3) is 0 Å². The van der Waals surface area contributed by atoms with E-state index >= 15 is 0 Å². The highest BCUT2D eigenvalue weighted by Crippen LogP contribution is 2.39. The Hall–Kier alpha value is -1.52. The molecule has 0 heterocycles. The molecule has 0 aromatic heterocycles. The molecule has 3 aliphatic rings. The average Bonchev–Trinajstić information content (AvgIpc) is 2.45. The lowest BCUT2D eigenvalue weighted by molar-refractivity contribution is -0.141. The molecule has 5 nitrogen and oxygen atoms in total. The van der Waals surface area contributed by atoms with E-state index < -0.39 is 11.9 Å². The van der Waals surface area contributed by atoms with Gasteiger partial charge in [0.15, 0.2) is 0 Å². The number of aliphatic carboxylic acids is 1. The van der Waals surface area contributed by atoms with Crippen LogP contribution < -0.4 is 5.32 Å². The highest BCUT2D eigenvalue weighted by molar-refractivity contribution is 5.75. The number of hydrogen-bond donors (Lipinski definition) is 2. The molecule has 5 heteroatoms. The lowest BCUT2D eigenvalue weighted by atomic mass is 9.69. The van der Waals surface area contributed by atoms with Crippen molar-refractivity contribution in [2.45, 2.75) is 26.2 Å². The third kappa shape index (κ3) is 3.52. The van der Waals surface area contributed by atoms with Crippen molar-refractivity contribution in [1.82, 2.24) is 10.2 Å². The minimum atomic E-state index is -0.876. The molecule has 20 heavy (non-hydrogen) atoms. The second-order valence-corrected chi connectivity index (χ2v) is 6.19. The Morgan fingerprint density at radius 2 is 2.15 bits per heavy atom. The number of fused-ring (bicyclic) bond motifs is 2. The first kappa shape index (κ1) is 14.9. The number of carboxylic acids is 1. The van der Waals surface area contributed by atoms with Crippen molar-refractivity contribution < 1.29 is 14.7 Å². The van der Waals surface area contributed by atoms with Gasteiger partial charge in [-0.05, 0) is 37.0 Å². The van der Waals surface area contributed by atoms with Gasteiger partial charge < -0.3 is 15.3 Å². The van der Waals surface area contributed by atoms with Crippen molar-refractivity contribution in [1.29, 1.82) is 0 Å². The van der Waals surface area contributed by atoms with Crippen LogP contribution in [-0.2, 0) is 4.79 Å². The number of urea groups is 1. The Balaban J connectivity index is 1.75. The molecule has 4 atom stereocenters. The first-order valence-electron chi connectivity index (χ1n) is 7.37. The van der Waals surface area contributed by atoms with E-state index in [0.717, 1.165) is 6.42 Å². The Morgan fingerprint density at radius 1 is 1.40 bits per heavy atom. The monoisotopic (exact) mass is 280 g/mol. The van der Waals surface area contributed by atoms with Crippen LogP contribution in [0.15, 0.2) is 12.2 Å². The van der Waals surface area contributed by atoms with Gasteiger partial charge in [0.05, 0.1) is 5.92 Å². The number of nitrogens with one attached hydrogen (secondary N) is 1. The van der Waals surface area contributed by atoms with E-state index in [4.69, 9.17) is 5.11 Å². The summed E-state index contributed by atoms with van der Waals surface area (Å²) in [7, 11) is 1.64. The quantitative estimate of drug-likeness (QED) is 0.756. The highest BCUT2D eigenvalue weighted by atomic mass is 16.4. The van der Waals surface area contributed by atoms with Crippen molar-refractivity contribution in [3.8, 4) is 0 Å². The molecule has 2 N–H and O–H groups in total. The van der Waals surface area contributed by atoms with Crippen molar-refractivity contribution >= 4 is 12.0 Å². The molecule has 0 aliphatic heterocycles. The summed E-state index contributed by atoms with van der Waals surface area (Å²) in [6.45, 7) is 2.53. The van der Waals surface area contributed by atoms with E-state index in [1.54, 1.807) is 14.0 Å². The second kappa shape index (κ2) is 6.29. The SMILES string of the molecule is CC(CN(C)C(=O)NCC1CC2C=CC1CC2)C(=O)O. The molecule has 0 radical (unpaired) electrons. The van der Waals surface area contributed by atoms with Crippen molar-refractivity contribution in [2.75, 3.05) is 20.1 Å². The molecular weight excluding hydrogens is 256 g/mol. The zero-order chi connectivity index (χ0) is 14.7. The molecule has 0 aromatic carbocycles. The van der Waals surface area contributed by atoms with E-state index in [2.05, 4.69) is 17.5 Å². The summed E-state index contributed by atoms with van der Waals surface area (Å²) in [6.07, 6.45) is 8.28. The molecular formula is C15H24N2O3. The normalized spacial score (nSPS) is 29.0. The highest BCUT2D eigenvalue weighted by Gasteiger charge is 2.32. The van der Waals surface area contributed by atoms with Gasteiger partial charge in [-0.15, -0.1) is 0 Å². The number of amides is 2. The Morgan fingerprint density at radius 3 is 2.65 bits per heavy atom. The molecule has 3 rings (SSSR count). The van der Waals surface area contributed by atoms with Crippen LogP contribution in [0.3, 0.4) is 0 Å². The molecule has 1 saturated carbocycles. The molecule has 112 valence electrons. The van der Waals surface area contributed by atoms with Crippen LogP contribution in [0.1, 0.15) is 26.2 Å². The van der Waals surface area contributed by atoms with Crippen molar-refractivity contribution in [2.24, 2.45) is 23.7 Å². The molecule has 3 aliphatic carbocycles. The van der Waals surface area contributed by atoms with Gasteiger partial charge in [-0.2, -0.15) is 0 Å². The van der Waals surface area contributed by atoms with Gasteiger partial charge in [-0.25, -0.2) is 4.79 Å². The minimum absolute atomic E-state index is 0.177. The molecule has 2 amide bonds. The van der Waals surface area contributed by atoms with E-state index in [9.17, 15) is 9.59 Å². The number of carbonyl (C=O) groups excluding carboxylic acids is 1. The van der Waals surface area contributed by atoms with Crippen LogP contribution in [-0.4, -0.2) is 42.1 Å². The summed E-state index contributed by atoms with van der Waals surface area (Å²) in [6, 6.07) is -0.177. The van der Waals surface area contributed by atoms with Crippen LogP contribution in [0.4, 0.5) is 4.79 Å². The van der Waals surface area contributed by atoms with Crippen LogP contribution in [0, 0.1) is 23.7 Å². The van der Waals surface area contributed by atoms with Gasteiger partial charge in [0.25, 0.3) is 0 Å². The van der Waals surface area contributed by atoms with Crippen molar-refractivity contribution in [3.05, 3.63) is 12.2 Å². The van der Waals surface area contributed by atoms with E-state index in [1.807, 2.05) is 0 Å². The number of rotatable bonds is 5. The Labute approximate surface area is 120 Å². The first-order chi connectivity index (χ1) is 9.47. The number of carbonyl (C=O) groups is 2. The summed E-state index contributed by atoms with van der Waals surface area (Å²) in [5.74, 6) is 0.405. The molecule has 0 saturated heterocycles. The van der Waals surface area contributed by atoms with Gasteiger partial charge in [0.1, 0.15) is 0 Å². The van der Waals surface area contributed by atoms with E-state index in [0.29, 0.717) is 24.3 Å². The molecule has 2 bridgehead atoms. The van der Waals surface area contributed by atoms with Gasteiger partial charge in [0, 0.05) is 20.1 Å². The third-order valence-corrected chi connectivity index (χ3v) is 4.54. The maximum atomic E-state index is 12.0. The van der Waals surface area contributed by atoms with Crippen molar-refractivity contribution in [3.63, 3.8) is 0 Å². The van der Waals surface area contributed by atoms with Gasteiger partial charge in [-0.1, -0.05) is 19.1 Å². The maximum absolute atomic E-state index is 12.0. The van der Waals surface area contributed by atoms with Gasteiger partial charge in [0.2, 0.25) is 0 Å². The molecule has 0 spiro atoms. The van der Waals surface area contributed by atoms with E-state index in [-0.39, 0.29) is 12.6 Å². The summed E-state index contributed by atoms with van der Waals surface area (Å²) in [5.41, 5.74) is 0. The largest absolute Gasteiger partial charge is 0.481 e. The second-order valence-electron chi connectivity index (χ2n) is 6.19. The number of allylic oxidation sites excluding steroid dienone is 2. The smallest absolute Gasteiger partial charge is 0.317 e. The predicted molar refractivity (Wildman–Crippen MR) is 76.3 cm³/mol. The fourth-order valence-electron chi connectivity index (χ4n) is 3.21. The minimum Gasteiger partial charge on any atom is -0.481 e. The van der Waals surface area contributed by atoms with Crippen LogP contribution in [0.2, 0.25) is 0 Å². The van der Waals surface area contributed by atoms with Crippen LogP contribution in [0.5, 0.6) is 0 Å². The lowest BCUT2D eigenvalue weighted by Crippen LogP contribution is -2.44. The fourth-order valence-corrected chi connectivity index (χ4v) is 3.21. The van der Waals surface area contributed by atoms with Crippen LogP contribution >= 0.6 is 0 Å². The lowest BCUT2D eigenvalue weighted by Gasteiger charge is -2.38. The molecule has 0 aromatic rings. The first-order valence-corrected chi connectivity index (χ1v) is 7.37. The maximum Gasteiger partial charge on any atom is 0.317 e. The molecule has 1 fully saturated rings. The van der Waals surface area contributed by atoms with Gasteiger partial charge in [-0.3, -0.25) is 4.79 Å². The molecule has 4 unspecified atom stereocenters. The Bertz CT molecular complexity index is 408. The fraction of sp³-hybridized carbons (Fsp3) is 0.733. The topological polar surface area (TPSA) is 69.6 Å². The van der Waals surface area contributed by atoms with E-state index in [1.165, 1.54) is 17.7 Å². The number of nitrogens with zero attached hydrogens (tertiary/aromatic N) is 1. The average molecular weight is 280 g/mol. The third-order valence-electron chi connectivity index (χ3n) is 4.54. The summed E-state index contributed by atoms with van der Waals surface area (Å²) in [5, 5.41) is 11.8. The predicted octanol–water partition coefficient (Wildman–Crippen LogP) is 1.95. The number of hydrogen-bond acceptors (Lipinski definition) is 2. The summed E-state index contributed by atoms with van der Waals surface area (Å²) >= 11 is 0. The summed E-state index contributed by atoms with van der Waals surface area (Å²) < 4.78 is 0. The zero-order valence-corrected chi connectivity index (χ0v) is 12.2. The van der Waals surface area contributed by atoms with Gasteiger partial charge >= 0.3 is 12.0 Å².